The number of halogens is 3. The van der Waals surface area contributed by atoms with Gasteiger partial charge in [0, 0.05) is 49.7 Å². The van der Waals surface area contributed by atoms with Crippen LogP contribution in [0.15, 0.2) is 48.8 Å². The van der Waals surface area contributed by atoms with Crippen molar-refractivity contribution in [3.05, 3.63) is 65.5 Å². The largest absolute Gasteiger partial charge is 0.421 e. The molecule has 3 aromatic rings. The first-order valence-corrected chi connectivity index (χ1v) is 14.7. The first-order valence-electron chi connectivity index (χ1n) is 10.4. The first-order chi connectivity index (χ1) is 16.3. The van der Waals surface area contributed by atoms with Gasteiger partial charge in [-0.1, -0.05) is 18.2 Å². The normalized spacial score (nSPS) is 12.8. The summed E-state index contributed by atoms with van der Waals surface area (Å²) in [6.07, 6.45) is -0.508. The molecule has 0 saturated carbocycles. The molecule has 1 atom stereocenters. The summed E-state index contributed by atoms with van der Waals surface area (Å²) in [6.45, 7) is 3.38. The van der Waals surface area contributed by atoms with Crippen molar-refractivity contribution >= 4 is 41.4 Å². The Balaban J connectivity index is 1.84. The molecule has 188 valence electrons. The summed E-state index contributed by atoms with van der Waals surface area (Å²) >= 11 is 0. The van der Waals surface area contributed by atoms with E-state index >= 15 is 0 Å². The minimum Gasteiger partial charge on any atom is -0.365 e. The summed E-state index contributed by atoms with van der Waals surface area (Å²) in [5.74, 6) is -0.0479. The van der Waals surface area contributed by atoms with E-state index in [1.807, 2.05) is 0 Å². The standard InChI is InChI=1S/C22H26F3N6O2PS/c1-31(35(4)33)20-16(6-5-11-26-20)12-27-19-18(22(23,24)25)13-28-21(30-19)29-17-9-7-15(8-10-17)14-34(2,3)32/h5-11,13H,12,14H2,1-4H3,(H2,27,28,29,30). The third-order valence-electron chi connectivity index (χ3n) is 4.87. The molecular weight excluding hydrogens is 500 g/mol. The van der Waals surface area contributed by atoms with Gasteiger partial charge in [0.05, 0.1) is 7.14 Å². The zero-order valence-electron chi connectivity index (χ0n) is 19.6. The first kappa shape index (κ1) is 26.6. The topological polar surface area (TPSA) is 100 Å². The summed E-state index contributed by atoms with van der Waals surface area (Å²) in [5.41, 5.74) is 0.997. The zero-order valence-corrected chi connectivity index (χ0v) is 21.3. The predicted octanol–water partition coefficient (Wildman–Crippen LogP) is 5.10. The van der Waals surface area contributed by atoms with Gasteiger partial charge in [0.2, 0.25) is 5.95 Å². The fourth-order valence-corrected chi connectivity index (χ4v) is 4.70. The molecule has 0 fully saturated rings. The van der Waals surface area contributed by atoms with Crippen molar-refractivity contribution in [2.24, 2.45) is 0 Å². The number of hydrogen-bond donors (Lipinski definition) is 2. The van der Waals surface area contributed by atoms with Crippen molar-refractivity contribution in [2.75, 3.05) is 41.6 Å². The second-order valence-corrected chi connectivity index (χ2v) is 13.1. The highest BCUT2D eigenvalue weighted by molar-refractivity contribution is 7.85. The van der Waals surface area contributed by atoms with Crippen LogP contribution in [0.5, 0.6) is 0 Å². The molecule has 0 bridgehead atoms. The average Bonchev–Trinajstić information content (AvgIpc) is 2.77. The molecule has 3 rings (SSSR count). The van der Waals surface area contributed by atoms with Gasteiger partial charge in [0.25, 0.3) is 0 Å². The van der Waals surface area contributed by atoms with E-state index in [-0.39, 0.29) is 12.5 Å². The maximum absolute atomic E-state index is 13.6. The SMILES string of the molecule is CN(c1ncccc1CNc1nc(Nc2ccc(CP(C)(C)=O)cc2)ncc1C(F)(F)F)S(C)=O. The lowest BCUT2D eigenvalue weighted by Crippen LogP contribution is -2.22. The van der Waals surface area contributed by atoms with Gasteiger partial charge < -0.3 is 15.2 Å². The Bertz CT molecular complexity index is 1250. The minimum atomic E-state index is -4.67. The van der Waals surface area contributed by atoms with E-state index in [0.717, 1.165) is 5.56 Å². The second-order valence-electron chi connectivity index (χ2n) is 8.27. The number of pyridine rings is 1. The molecule has 1 unspecified atom stereocenters. The highest BCUT2D eigenvalue weighted by atomic mass is 32.2. The van der Waals surface area contributed by atoms with Crippen molar-refractivity contribution in [3.8, 4) is 0 Å². The summed E-state index contributed by atoms with van der Waals surface area (Å²) in [5, 5.41) is 5.62. The van der Waals surface area contributed by atoms with Gasteiger partial charge in [0.15, 0.2) is 0 Å². The quantitative estimate of drug-likeness (QED) is 0.374. The number of hydrogen-bond acceptors (Lipinski definition) is 7. The van der Waals surface area contributed by atoms with Gasteiger partial charge in [-0.05, 0) is 37.1 Å². The van der Waals surface area contributed by atoms with Crippen LogP contribution in [-0.2, 0) is 34.4 Å². The van der Waals surface area contributed by atoms with E-state index in [4.69, 9.17) is 0 Å². The predicted molar refractivity (Wildman–Crippen MR) is 134 cm³/mol. The monoisotopic (exact) mass is 526 g/mol. The van der Waals surface area contributed by atoms with Crippen LogP contribution in [0.1, 0.15) is 16.7 Å². The third-order valence-corrected chi connectivity index (χ3v) is 6.94. The summed E-state index contributed by atoms with van der Waals surface area (Å²) in [6, 6.07) is 10.4. The van der Waals surface area contributed by atoms with Gasteiger partial charge in [0.1, 0.15) is 28.2 Å². The molecule has 0 saturated heterocycles. The molecular formula is C22H26F3N6O2PS. The van der Waals surface area contributed by atoms with Crippen LogP contribution in [0, 0.1) is 0 Å². The van der Waals surface area contributed by atoms with Crippen molar-refractivity contribution in [1.82, 2.24) is 15.0 Å². The number of anilines is 4. The van der Waals surface area contributed by atoms with E-state index in [2.05, 4.69) is 25.6 Å². The molecule has 0 radical (unpaired) electrons. The number of aromatic nitrogens is 3. The lowest BCUT2D eigenvalue weighted by Gasteiger charge is -2.19. The fraction of sp³-hybridized carbons (Fsp3) is 0.318. The average molecular weight is 527 g/mol. The molecule has 35 heavy (non-hydrogen) atoms. The Morgan fingerprint density at radius 1 is 1.11 bits per heavy atom. The summed E-state index contributed by atoms with van der Waals surface area (Å²) in [4.78, 5) is 12.1. The van der Waals surface area contributed by atoms with Crippen LogP contribution >= 0.6 is 7.14 Å². The summed E-state index contributed by atoms with van der Waals surface area (Å²) < 4.78 is 66.1. The van der Waals surface area contributed by atoms with Gasteiger partial charge in [-0.25, -0.2) is 14.2 Å². The molecule has 0 amide bonds. The number of nitrogens with one attached hydrogen (secondary N) is 2. The highest BCUT2D eigenvalue weighted by Gasteiger charge is 2.35. The number of rotatable bonds is 9. The minimum absolute atomic E-state index is 0.0249. The smallest absolute Gasteiger partial charge is 0.365 e. The van der Waals surface area contributed by atoms with E-state index in [9.17, 15) is 21.9 Å². The van der Waals surface area contributed by atoms with Gasteiger partial charge >= 0.3 is 6.18 Å². The number of benzene rings is 1. The van der Waals surface area contributed by atoms with Crippen molar-refractivity contribution in [2.45, 2.75) is 18.9 Å². The number of nitrogens with zero attached hydrogens (tertiary/aromatic N) is 4. The van der Waals surface area contributed by atoms with Crippen LogP contribution in [0.2, 0.25) is 0 Å². The highest BCUT2D eigenvalue weighted by Crippen LogP contribution is 2.40. The Morgan fingerprint density at radius 3 is 2.40 bits per heavy atom. The van der Waals surface area contributed by atoms with Gasteiger partial charge in [-0.3, -0.25) is 4.31 Å². The molecule has 0 aliphatic rings. The second kappa shape index (κ2) is 10.7. The maximum atomic E-state index is 13.6. The molecule has 2 aromatic heterocycles. The maximum Gasteiger partial charge on any atom is 0.421 e. The lowest BCUT2D eigenvalue weighted by atomic mass is 10.2. The van der Waals surface area contributed by atoms with E-state index < -0.39 is 35.7 Å². The Labute approximate surface area is 204 Å². The molecule has 1 aromatic carbocycles. The van der Waals surface area contributed by atoms with Gasteiger partial charge in [-0.15, -0.1) is 0 Å². The Hall–Kier alpha value is -2.98. The van der Waals surface area contributed by atoms with E-state index in [0.29, 0.717) is 29.4 Å². The Morgan fingerprint density at radius 2 is 1.80 bits per heavy atom. The van der Waals surface area contributed by atoms with Crippen LogP contribution in [0.3, 0.4) is 0 Å². The molecule has 2 N–H and O–H groups in total. The molecule has 0 spiro atoms. The van der Waals surface area contributed by atoms with Crippen molar-refractivity contribution in [1.29, 1.82) is 0 Å². The van der Waals surface area contributed by atoms with Gasteiger partial charge in [-0.2, -0.15) is 18.2 Å². The molecule has 13 heteroatoms. The molecule has 8 nitrogen and oxygen atoms in total. The van der Waals surface area contributed by atoms with Crippen molar-refractivity contribution < 1.29 is 21.9 Å². The van der Waals surface area contributed by atoms with E-state index in [1.54, 1.807) is 56.8 Å². The van der Waals surface area contributed by atoms with Crippen LogP contribution in [0.25, 0.3) is 0 Å². The van der Waals surface area contributed by atoms with Crippen LogP contribution in [-0.4, -0.2) is 45.8 Å². The third kappa shape index (κ3) is 7.50. The number of alkyl halides is 3. The zero-order chi connectivity index (χ0) is 25.8. The summed E-state index contributed by atoms with van der Waals surface area (Å²) in [7, 11) is -2.01. The van der Waals surface area contributed by atoms with E-state index in [1.165, 1.54) is 16.8 Å². The molecule has 0 aliphatic carbocycles. The van der Waals surface area contributed by atoms with Crippen LogP contribution < -0.4 is 14.9 Å². The van der Waals surface area contributed by atoms with Crippen molar-refractivity contribution in [3.63, 3.8) is 0 Å². The fourth-order valence-electron chi connectivity index (χ4n) is 3.20. The lowest BCUT2D eigenvalue weighted by molar-refractivity contribution is -0.137. The molecule has 2 heterocycles. The molecule has 0 aliphatic heterocycles. The van der Waals surface area contributed by atoms with Crippen LogP contribution in [0.4, 0.5) is 36.4 Å². The Kier molecular flexibility index (Phi) is 8.17.